The van der Waals surface area contributed by atoms with Gasteiger partial charge in [-0.15, -0.1) is 6.07 Å². The monoisotopic (exact) mass is 1040 g/mol. The summed E-state index contributed by atoms with van der Waals surface area (Å²) in [5.74, 6) is -1.25. The van der Waals surface area contributed by atoms with E-state index in [1.165, 1.54) is 32.6 Å². The van der Waals surface area contributed by atoms with Crippen molar-refractivity contribution in [2.45, 2.75) is 64.2 Å². The first-order valence-electron chi connectivity index (χ1n) is 21.0. The number of rotatable bonds is 10. The normalized spacial score (nSPS) is 11.7. The molecule has 0 saturated heterocycles. The van der Waals surface area contributed by atoms with Crippen LogP contribution >= 0.6 is 15.8 Å². The Labute approximate surface area is 388 Å². The summed E-state index contributed by atoms with van der Waals surface area (Å²) in [6.07, 6.45) is 3.15. The van der Waals surface area contributed by atoms with Crippen molar-refractivity contribution in [3.8, 4) is 22.5 Å². The second-order valence-electron chi connectivity index (χ2n) is 17.4. The summed E-state index contributed by atoms with van der Waals surface area (Å²) in [6.45, 7) is 14.9. The molecule has 3 heterocycles. The van der Waals surface area contributed by atoms with Crippen LogP contribution in [0, 0.1) is 17.7 Å². The Morgan fingerprint density at radius 2 is 0.730 bits per heavy atom. The van der Waals surface area contributed by atoms with Gasteiger partial charge >= 0.3 is 0 Å². The van der Waals surface area contributed by atoms with E-state index in [1.54, 1.807) is 69.6 Å². The molecule has 8 heteroatoms. The second-order valence-corrected chi connectivity index (χ2v) is 23.7. The van der Waals surface area contributed by atoms with Crippen molar-refractivity contribution in [2.75, 3.05) is 0 Å². The predicted molar refractivity (Wildman–Crippen MR) is 262 cm³/mol. The summed E-state index contributed by atoms with van der Waals surface area (Å²) >= 11 is 0. The molecule has 3 aromatic heterocycles. The smallest absolute Gasteiger partial charge is 0.123 e. The standard InChI is InChI=1S/C35H35NP2.C20H17F2N2.Re/c1-34(2,37(28-18-9-5-10-19-28)29-20-11-6-12-21-29)32-26-17-27-33(36-32)35(3,4)38(30-22-13-7-14-23-30)31-24-15-8-16-25-31;1-20(2,3)17-18(21)13(15-8-4-6-10-23-15)12-14(19(17)22)16-9-5-7-11-24-16;/h5-27H,1-4H3;4-11H,1-3H3;/q;-1;/p+2. The van der Waals surface area contributed by atoms with Crippen molar-refractivity contribution in [3.63, 3.8) is 0 Å². The fourth-order valence-corrected chi connectivity index (χ4v) is 14.6. The van der Waals surface area contributed by atoms with E-state index in [0.717, 1.165) is 0 Å². The zero-order chi connectivity index (χ0) is 43.9. The van der Waals surface area contributed by atoms with Crippen molar-refractivity contribution < 1.29 is 29.2 Å². The molecule has 0 spiro atoms. The Morgan fingerprint density at radius 1 is 0.413 bits per heavy atom. The average molecular weight is 1040 g/mol. The van der Waals surface area contributed by atoms with Gasteiger partial charge in [-0.2, -0.15) is 0 Å². The van der Waals surface area contributed by atoms with Gasteiger partial charge in [0.25, 0.3) is 0 Å². The molecule has 0 fully saturated rings. The molecule has 319 valence electrons. The van der Waals surface area contributed by atoms with E-state index in [-0.39, 0.29) is 47.4 Å². The molecule has 8 aromatic rings. The maximum Gasteiger partial charge on any atom is 0.123 e. The van der Waals surface area contributed by atoms with Crippen LogP contribution in [-0.4, -0.2) is 15.0 Å². The summed E-state index contributed by atoms with van der Waals surface area (Å²) in [5, 5.41) is 5.42. The summed E-state index contributed by atoms with van der Waals surface area (Å²) < 4.78 is 30.2. The number of pyridine rings is 3. The summed E-state index contributed by atoms with van der Waals surface area (Å²) in [7, 11) is -2.33. The molecular formula is C55H54F2N3P2Re+. The van der Waals surface area contributed by atoms with E-state index in [9.17, 15) is 0 Å². The van der Waals surface area contributed by atoms with Gasteiger partial charge in [0.05, 0.1) is 60.1 Å². The number of aromatic nitrogens is 3. The Kier molecular flexibility index (Phi) is 15.5. The Hall–Kier alpha value is -5.07. The predicted octanol–water partition coefficient (Wildman–Crippen LogP) is 12.5. The zero-order valence-electron chi connectivity index (χ0n) is 36.9. The van der Waals surface area contributed by atoms with Crippen LogP contribution in [0.25, 0.3) is 22.5 Å². The van der Waals surface area contributed by atoms with Gasteiger partial charge in [-0.1, -0.05) is 135 Å². The Balaban J connectivity index is 0.000000228. The summed E-state index contributed by atoms with van der Waals surface area (Å²) in [6, 6.07) is 64.1. The van der Waals surface area contributed by atoms with Crippen molar-refractivity contribution in [2.24, 2.45) is 0 Å². The van der Waals surface area contributed by atoms with Crippen LogP contribution in [0.1, 0.15) is 65.4 Å². The van der Waals surface area contributed by atoms with Crippen molar-refractivity contribution in [1.82, 2.24) is 15.0 Å². The SMILES string of the molecule is CC(C)(C)c1c(F)c(-c2ccccn2)[c-]c(-c2ccccn2)c1F.CC(C)(c1cccc(C(C)(C)[PH+](c2ccccc2)c2ccccc2)n1)[PH+](c1ccccc1)c1ccccc1.[Re]. The van der Waals surface area contributed by atoms with Gasteiger partial charge < -0.3 is 0 Å². The minimum atomic E-state index is -1.17. The van der Waals surface area contributed by atoms with E-state index in [0.29, 0.717) is 11.4 Å². The van der Waals surface area contributed by atoms with E-state index in [1.807, 2.05) is 0 Å². The quantitative estimate of drug-likeness (QED) is 0.101. The first-order valence-corrected chi connectivity index (χ1v) is 24.0. The maximum atomic E-state index is 15.1. The van der Waals surface area contributed by atoms with E-state index in [4.69, 9.17) is 4.98 Å². The van der Waals surface area contributed by atoms with Crippen molar-refractivity contribution in [1.29, 1.82) is 0 Å². The van der Waals surface area contributed by atoms with Crippen LogP contribution in [-0.2, 0) is 36.1 Å². The van der Waals surface area contributed by atoms with Crippen LogP contribution in [0.2, 0.25) is 0 Å². The van der Waals surface area contributed by atoms with Crippen LogP contribution in [0.15, 0.2) is 188 Å². The minimum Gasteiger partial charge on any atom is -0.295 e. The largest absolute Gasteiger partial charge is 0.295 e. The van der Waals surface area contributed by atoms with E-state index in [2.05, 4.69) is 183 Å². The number of halogens is 2. The molecule has 0 unspecified atom stereocenters. The fraction of sp³-hybridized carbons (Fsp3) is 0.182. The first-order chi connectivity index (χ1) is 29.8. The summed E-state index contributed by atoms with van der Waals surface area (Å²) in [5.41, 5.74) is 2.79. The second kappa shape index (κ2) is 20.6. The Morgan fingerprint density at radius 3 is 1.02 bits per heavy atom. The number of hydrogen-bond acceptors (Lipinski definition) is 3. The molecule has 0 atom stereocenters. The molecule has 0 aliphatic rings. The van der Waals surface area contributed by atoms with Gasteiger partial charge in [-0.25, -0.2) is 4.98 Å². The van der Waals surface area contributed by atoms with Gasteiger partial charge in [0.2, 0.25) is 0 Å². The third-order valence-electron chi connectivity index (χ3n) is 11.2. The van der Waals surface area contributed by atoms with Gasteiger partial charge in [0.15, 0.2) is 0 Å². The average Bonchev–Trinajstić information content (AvgIpc) is 3.28. The maximum absolute atomic E-state index is 15.1. The fourth-order valence-electron chi connectivity index (χ4n) is 8.20. The molecule has 5 aromatic carbocycles. The molecule has 0 amide bonds. The zero-order valence-corrected chi connectivity index (χ0v) is 41.6. The molecule has 1 radical (unpaired) electrons. The number of hydrogen-bond donors (Lipinski definition) is 0. The number of benzene rings is 5. The molecule has 0 aliphatic heterocycles. The molecule has 0 saturated carbocycles. The molecule has 0 N–H and O–H groups in total. The summed E-state index contributed by atoms with van der Waals surface area (Å²) in [4.78, 5) is 13.9. The minimum absolute atomic E-state index is 0. The first kappa shape index (κ1) is 47.4. The van der Waals surface area contributed by atoms with Gasteiger partial charge in [-0.3, -0.25) is 18.7 Å². The Bertz CT molecular complexity index is 2430. The molecular weight excluding hydrogens is 989 g/mol. The van der Waals surface area contributed by atoms with Crippen LogP contribution < -0.4 is 21.2 Å². The molecule has 3 nitrogen and oxygen atoms in total. The van der Waals surface area contributed by atoms with Gasteiger partial charge in [0, 0.05) is 44.2 Å². The van der Waals surface area contributed by atoms with Gasteiger partial charge in [-0.05, 0) is 111 Å². The third kappa shape index (κ3) is 10.7. The molecule has 0 bridgehead atoms. The topological polar surface area (TPSA) is 38.7 Å². The number of nitrogens with zero attached hydrogens (tertiary/aromatic N) is 3. The van der Waals surface area contributed by atoms with Crippen LogP contribution in [0.5, 0.6) is 0 Å². The van der Waals surface area contributed by atoms with Crippen molar-refractivity contribution >= 4 is 37.1 Å². The van der Waals surface area contributed by atoms with E-state index >= 15 is 8.78 Å². The van der Waals surface area contributed by atoms with Crippen LogP contribution in [0.4, 0.5) is 8.78 Å². The molecule has 8 rings (SSSR count). The third-order valence-corrected chi connectivity index (χ3v) is 17.9. The van der Waals surface area contributed by atoms with Crippen molar-refractivity contribution in [3.05, 3.63) is 223 Å². The van der Waals surface area contributed by atoms with Gasteiger partial charge in [0.1, 0.15) is 10.3 Å². The van der Waals surface area contributed by atoms with E-state index < -0.39 is 32.9 Å². The molecule has 0 aliphatic carbocycles. The van der Waals surface area contributed by atoms with Crippen LogP contribution in [0.3, 0.4) is 0 Å². The molecule has 63 heavy (non-hydrogen) atoms.